The van der Waals surface area contributed by atoms with E-state index in [-0.39, 0.29) is 0 Å². The molecule has 0 unspecified atom stereocenters. The molecule has 0 bridgehead atoms. The molecule has 0 amide bonds. The zero-order valence-electron chi connectivity index (χ0n) is 6.70. The molecule has 1 rings (SSSR count). The van der Waals surface area contributed by atoms with Crippen molar-refractivity contribution in [2.45, 2.75) is 0 Å². The van der Waals surface area contributed by atoms with Crippen LogP contribution in [-0.4, -0.2) is 14.2 Å². The predicted molar refractivity (Wildman–Crippen MR) is 42.8 cm³/mol. The quantitative estimate of drug-likeness (QED) is 0.613. The van der Waals surface area contributed by atoms with Gasteiger partial charge in [0.25, 0.3) is 0 Å². The van der Waals surface area contributed by atoms with Crippen LogP contribution in [0.4, 0.5) is 0 Å². The van der Waals surface area contributed by atoms with Crippen LogP contribution >= 0.6 is 0 Å². The van der Waals surface area contributed by atoms with Crippen molar-refractivity contribution in [2.24, 2.45) is 0 Å². The summed E-state index contributed by atoms with van der Waals surface area (Å²) >= 11 is 0. The predicted octanol–water partition coefficient (Wildman–Crippen LogP) is 1.82. The Morgan fingerprint density at radius 1 is 1.00 bits per heavy atom. The van der Waals surface area contributed by atoms with Crippen LogP contribution in [0.25, 0.3) is 0 Å². The van der Waals surface area contributed by atoms with Gasteiger partial charge in [0.05, 0.1) is 6.29 Å². The number of ether oxygens (including phenoxy) is 2. The second-order valence-corrected chi connectivity index (χ2v) is 2.06. The van der Waals surface area contributed by atoms with Gasteiger partial charge < -0.3 is 9.47 Å². The topological polar surface area (TPSA) is 18.5 Å². The van der Waals surface area contributed by atoms with E-state index in [1.807, 2.05) is 30.3 Å². The minimum atomic E-state index is 0.547. The Morgan fingerprint density at radius 2 is 1.55 bits per heavy atom. The van der Waals surface area contributed by atoms with Crippen LogP contribution in [0.15, 0.2) is 30.3 Å². The van der Waals surface area contributed by atoms with Gasteiger partial charge in [-0.1, -0.05) is 6.07 Å². The number of rotatable bonds is 3. The SMILES string of the molecule is CO[C-](OC)c1ccccc1. The van der Waals surface area contributed by atoms with Gasteiger partial charge in [0, 0.05) is 14.2 Å². The van der Waals surface area contributed by atoms with E-state index in [9.17, 15) is 0 Å². The third kappa shape index (κ3) is 1.97. The lowest BCUT2D eigenvalue weighted by molar-refractivity contribution is 0.0269. The lowest BCUT2D eigenvalue weighted by atomic mass is 10.2. The first-order chi connectivity index (χ1) is 5.38. The van der Waals surface area contributed by atoms with Gasteiger partial charge in [-0.05, 0) is 0 Å². The van der Waals surface area contributed by atoms with Crippen LogP contribution in [0.3, 0.4) is 0 Å². The van der Waals surface area contributed by atoms with Crippen LogP contribution < -0.4 is 0 Å². The fourth-order valence-electron chi connectivity index (χ4n) is 0.893. The fourth-order valence-corrected chi connectivity index (χ4v) is 0.893. The van der Waals surface area contributed by atoms with Crippen molar-refractivity contribution in [3.63, 3.8) is 0 Å². The molecular weight excluding hydrogens is 140 g/mol. The van der Waals surface area contributed by atoms with Crippen molar-refractivity contribution in [3.05, 3.63) is 42.2 Å². The minimum absolute atomic E-state index is 0.547. The van der Waals surface area contributed by atoms with Crippen molar-refractivity contribution >= 4 is 0 Å². The second kappa shape index (κ2) is 4.01. The number of methoxy groups -OCH3 is 2. The average Bonchev–Trinajstić information content (AvgIpc) is 2.09. The fraction of sp³-hybridized carbons (Fsp3) is 0.222. The third-order valence-electron chi connectivity index (χ3n) is 1.38. The van der Waals surface area contributed by atoms with Crippen molar-refractivity contribution in [1.82, 2.24) is 0 Å². The molecule has 0 saturated carbocycles. The molecule has 0 fully saturated rings. The van der Waals surface area contributed by atoms with Gasteiger partial charge in [0.15, 0.2) is 0 Å². The zero-order chi connectivity index (χ0) is 8.10. The van der Waals surface area contributed by atoms with Crippen LogP contribution in [0, 0.1) is 6.29 Å². The van der Waals surface area contributed by atoms with E-state index in [0.29, 0.717) is 6.29 Å². The Hall–Kier alpha value is -0.990. The van der Waals surface area contributed by atoms with E-state index in [2.05, 4.69) is 0 Å². The largest absolute Gasteiger partial charge is 0.388 e. The van der Waals surface area contributed by atoms with Crippen LogP contribution in [-0.2, 0) is 9.47 Å². The number of hydrogen-bond acceptors (Lipinski definition) is 2. The Morgan fingerprint density at radius 3 is 2.00 bits per heavy atom. The molecule has 2 heteroatoms. The maximum atomic E-state index is 4.98. The van der Waals surface area contributed by atoms with E-state index in [0.717, 1.165) is 5.56 Å². The van der Waals surface area contributed by atoms with Crippen LogP contribution in [0.1, 0.15) is 5.56 Å². The minimum Gasteiger partial charge on any atom is -0.388 e. The normalized spacial score (nSPS) is 9.64. The van der Waals surface area contributed by atoms with Gasteiger partial charge in [-0.15, -0.1) is 17.7 Å². The van der Waals surface area contributed by atoms with Crippen molar-refractivity contribution in [1.29, 1.82) is 0 Å². The van der Waals surface area contributed by atoms with E-state index in [4.69, 9.17) is 9.47 Å². The summed E-state index contributed by atoms with van der Waals surface area (Å²) in [5, 5.41) is 0. The molecule has 60 valence electrons. The smallest absolute Gasteiger partial charge is 0.0728 e. The van der Waals surface area contributed by atoms with Crippen molar-refractivity contribution in [3.8, 4) is 0 Å². The van der Waals surface area contributed by atoms with E-state index in [1.54, 1.807) is 14.2 Å². The summed E-state index contributed by atoms with van der Waals surface area (Å²) in [5.74, 6) is 0. The molecule has 0 atom stereocenters. The highest BCUT2D eigenvalue weighted by atomic mass is 16.7. The second-order valence-electron chi connectivity index (χ2n) is 2.06. The Balaban J connectivity index is 2.74. The molecule has 0 aliphatic carbocycles. The summed E-state index contributed by atoms with van der Waals surface area (Å²) < 4.78 is 9.96. The summed E-state index contributed by atoms with van der Waals surface area (Å²) in [4.78, 5) is 0. The molecular formula is C9H11O2-. The van der Waals surface area contributed by atoms with Gasteiger partial charge >= 0.3 is 0 Å². The molecule has 2 nitrogen and oxygen atoms in total. The van der Waals surface area contributed by atoms with E-state index < -0.39 is 0 Å². The van der Waals surface area contributed by atoms with Gasteiger partial charge in [-0.25, -0.2) is 0 Å². The molecule has 0 radical (unpaired) electrons. The van der Waals surface area contributed by atoms with E-state index >= 15 is 0 Å². The number of hydrogen-bond donors (Lipinski definition) is 0. The monoisotopic (exact) mass is 151 g/mol. The lowest BCUT2D eigenvalue weighted by Gasteiger charge is -2.20. The maximum absolute atomic E-state index is 4.98. The molecule has 0 aliphatic heterocycles. The Labute approximate surface area is 66.8 Å². The van der Waals surface area contributed by atoms with Crippen LogP contribution in [0.5, 0.6) is 0 Å². The van der Waals surface area contributed by atoms with Gasteiger partial charge in [-0.2, -0.15) is 12.1 Å². The summed E-state index contributed by atoms with van der Waals surface area (Å²) in [7, 11) is 3.18. The van der Waals surface area contributed by atoms with E-state index in [1.165, 1.54) is 0 Å². The molecule has 11 heavy (non-hydrogen) atoms. The standard InChI is InChI=1S/C9H11O2/c1-10-9(11-2)8-6-4-3-5-7-8/h3-7H,1-2H3/q-1. The maximum Gasteiger partial charge on any atom is 0.0728 e. The molecule has 0 saturated heterocycles. The average molecular weight is 151 g/mol. The summed E-state index contributed by atoms with van der Waals surface area (Å²) in [6.07, 6.45) is 0.547. The third-order valence-corrected chi connectivity index (χ3v) is 1.38. The molecule has 1 aromatic rings. The number of benzene rings is 1. The molecule has 0 heterocycles. The molecule has 0 spiro atoms. The summed E-state index contributed by atoms with van der Waals surface area (Å²) in [6, 6.07) is 9.69. The van der Waals surface area contributed by atoms with Crippen molar-refractivity contribution in [2.75, 3.05) is 14.2 Å². The molecule has 0 aliphatic rings. The van der Waals surface area contributed by atoms with Gasteiger partial charge in [-0.3, -0.25) is 0 Å². The van der Waals surface area contributed by atoms with Crippen molar-refractivity contribution < 1.29 is 9.47 Å². The first kappa shape index (κ1) is 8.11. The molecule has 0 aromatic heterocycles. The summed E-state index contributed by atoms with van der Waals surface area (Å²) in [6.45, 7) is 0. The molecule has 0 N–H and O–H groups in total. The highest BCUT2D eigenvalue weighted by molar-refractivity contribution is 5.23. The summed E-state index contributed by atoms with van der Waals surface area (Å²) in [5.41, 5.74) is 0.956. The van der Waals surface area contributed by atoms with Crippen LogP contribution in [0.2, 0.25) is 0 Å². The highest BCUT2D eigenvalue weighted by Crippen LogP contribution is 2.14. The first-order valence-corrected chi connectivity index (χ1v) is 3.39. The Bertz CT molecular complexity index is 192. The first-order valence-electron chi connectivity index (χ1n) is 3.39. The highest BCUT2D eigenvalue weighted by Gasteiger charge is 1.96. The molecule has 1 aromatic carbocycles. The zero-order valence-corrected chi connectivity index (χ0v) is 6.70. The lowest BCUT2D eigenvalue weighted by Crippen LogP contribution is -2.03. The van der Waals surface area contributed by atoms with Gasteiger partial charge in [0.2, 0.25) is 0 Å². The van der Waals surface area contributed by atoms with Gasteiger partial charge in [0.1, 0.15) is 0 Å². The Kier molecular flexibility index (Phi) is 2.95.